The molecule has 2 aliphatic rings. The minimum Gasteiger partial charge on any atom is -0.342 e. The van der Waals surface area contributed by atoms with Crippen LogP contribution in [0.2, 0.25) is 0 Å². The molecule has 0 bridgehead atoms. The maximum absolute atomic E-state index is 12.3. The molecule has 21 heavy (non-hydrogen) atoms. The normalized spacial score (nSPS) is 21.0. The van der Waals surface area contributed by atoms with Crippen molar-refractivity contribution in [2.24, 2.45) is 17.7 Å². The first-order valence-electron chi connectivity index (χ1n) is 8.07. The number of rotatable bonds is 5. The van der Waals surface area contributed by atoms with Crippen LogP contribution in [0.5, 0.6) is 0 Å². The van der Waals surface area contributed by atoms with Crippen molar-refractivity contribution in [1.82, 2.24) is 15.2 Å². The lowest BCUT2D eigenvalue weighted by molar-refractivity contribution is -0.136. The fourth-order valence-corrected chi connectivity index (χ4v) is 3.54. The molecule has 2 fully saturated rings. The number of piperidine rings is 1. The molecular formula is C15H28N4O2. The van der Waals surface area contributed by atoms with Crippen LogP contribution < -0.4 is 11.3 Å². The summed E-state index contributed by atoms with van der Waals surface area (Å²) in [7, 11) is 2.03. The molecule has 0 aromatic carbocycles. The van der Waals surface area contributed by atoms with Gasteiger partial charge in [-0.2, -0.15) is 0 Å². The van der Waals surface area contributed by atoms with Gasteiger partial charge in [0.05, 0.1) is 6.54 Å². The molecule has 2 rings (SSSR count). The average Bonchev–Trinajstić information content (AvgIpc) is 2.99. The van der Waals surface area contributed by atoms with Crippen LogP contribution in [-0.4, -0.2) is 54.8 Å². The summed E-state index contributed by atoms with van der Waals surface area (Å²) in [6, 6.07) is 0. The average molecular weight is 296 g/mol. The van der Waals surface area contributed by atoms with Crippen molar-refractivity contribution in [2.45, 2.75) is 38.5 Å². The molecule has 3 N–H and O–H groups in total. The van der Waals surface area contributed by atoms with Gasteiger partial charge in [-0.05, 0) is 38.6 Å². The number of likely N-dealkylation sites (tertiary alicyclic amines) is 1. The highest BCUT2D eigenvalue weighted by Crippen LogP contribution is 2.25. The van der Waals surface area contributed by atoms with Gasteiger partial charge in [0.15, 0.2) is 0 Å². The second-order valence-electron chi connectivity index (χ2n) is 6.51. The van der Waals surface area contributed by atoms with Gasteiger partial charge in [0.2, 0.25) is 11.8 Å². The van der Waals surface area contributed by atoms with Crippen molar-refractivity contribution < 1.29 is 9.59 Å². The van der Waals surface area contributed by atoms with Crippen LogP contribution in [0.3, 0.4) is 0 Å². The van der Waals surface area contributed by atoms with Gasteiger partial charge in [0.1, 0.15) is 0 Å². The predicted octanol–water partition coefficient (Wildman–Crippen LogP) is 0.337. The summed E-state index contributed by atoms with van der Waals surface area (Å²) in [5.74, 6) is 5.95. The Morgan fingerprint density at radius 1 is 1.19 bits per heavy atom. The molecule has 1 saturated carbocycles. The van der Waals surface area contributed by atoms with E-state index >= 15 is 0 Å². The summed E-state index contributed by atoms with van der Waals surface area (Å²) in [5, 5.41) is 0. The number of hydrazine groups is 1. The molecule has 1 saturated heterocycles. The Kier molecular flexibility index (Phi) is 5.99. The zero-order valence-electron chi connectivity index (χ0n) is 13.0. The summed E-state index contributed by atoms with van der Waals surface area (Å²) in [5.41, 5.74) is 2.20. The van der Waals surface area contributed by atoms with Gasteiger partial charge >= 0.3 is 0 Å². The summed E-state index contributed by atoms with van der Waals surface area (Å²) < 4.78 is 0. The van der Waals surface area contributed by atoms with E-state index in [1.165, 1.54) is 25.7 Å². The standard InChI is InChI=1S/C15H28N4O2/c1-18(10-12-4-2-3-5-12)11-14(20)19-8-6-13(7-9-19)15(21)17-16/h12-13H,2-11,16H2,1H3,(H,17,21). The molecule has 0 atom stereocenters. The third-order valence-corrected chi connectivity index (χ3v) is 4.81. The number of carbonyl (C=O) groups excluding carboxylic acids is 2. The van der Waals surface area contributed by atoms with E-state index in [4.69, 9.17) is 5.84 Å². The number of amides is 2. The first-order chi connectivity index (χ1) is 10.1. The molecule has 120 valence electrons. The molecule has 6 nitrogen and oxygen atoms in total. The molecule has 6 heteroatoms. The van der Waals surface area contributed by atoms with E-state index in [2.05, 4.69) is 10.3 Å². The number of hydrogen-bond acceptors (Lipinski definition) is 4. The molecule has 1 aliphatic heterocycles. The topological polar surface area (TPSA) is 78.7 Å². The van der Waals surface area contributed by atoms with E-state index in [9.17, 15) is 9.59 Å². The Labute approximate surface area is 127 Å². The number of nitrogens with one attached hydrogen (secondary N) is 1. The van der Waals surface area contributed by atoms with E-state index in [0.717, 1.165) is 12.5 Å². The van der Waals surface area contributed by atoms with Gasteiger partial charge in [0, 0.05) is 25.6 Å². The fraction of sp³-hybridized carbons (Fsp3) is 0.867. The van der Waals surface area contributed by atoms with Crippen molar-refractivity contribution in [3.8, 4) is 0 Å². The van der Waals surface area contributed by atoms with E-state index in [1.807, 2.05) is 11.9 Å². The lowest BCUT2D eigenvalue weighted by Gasteiger charge is -2.32. The number of carbonyl (C=O) groups is 2. The van der Waals surface area contributed by atoms with Crippen molar-refractivity contribution >= 4 is 11.8 Å². The van der Waals surface area contributed by atoms with Gasteiger partial charge in [-0.25, -0.2) is 5.84 Å². The van der Waals surface area contributed by atoms with Crippen LogP contribution in [-0.2, 0) is 9.59 Å². The minimum atomic E-state index is -0.111. The van der Waals surface area contributed by atoms with E-state index < -0.39 is 0 Å². The van der Waals surface area contributed by atoms with E-state index in [-0.39, 0.29) is 17.7 Å². The number of nitrogens with two attached hydrogens (primary N) is 1. The molecule has 1 heterocycles. The van der Waals surface area contributed by atoms with Crippen LogP contribution in [0.1, 0.15) is 38.5 Å². The molecule has 0 spiro atoms. The third-order valence-electron chi connectivity index (χ3n) is 4.81. The van der Waals surface area contributed by atoms with E-state index in [1.54, 1.807) is 0 Å². The molecule has 2 amide bonds. The lowest BCUT2D eigenvalue weighted by Crippen LogP contribution is -2.47. The minimum absolute atomic E-state index is 0.0460. The van der Waals surface area contributed by atoms with Crippen molar-refractivity contribution in [2.75, 3.05) is 33.2 Å². The molecule has 1 aliphatic carbocycles. The summed E-state index contributed by atoms with van der Waals surface area (Å²) >= 11 is 0. The van der Waals surface area contributed by atoms with Crippen molar-refractivity contribution in [3.05, 3.63) is 0 Å². The number of nitrogens with zero attached hydrogens (tertiary/aromatic N) is 2. The van der Waals surface area contributed by atoms with Crippen LogP contribution in [0.4, 0.5) is 0 Å². The highest BCUT2D eigenvalue weighted by atomic mass is 16.2. The van der Waals surface area contributed by atoms with Crippen molar-refractivity contribution in [1.29, 1.82) is 0 Å². The summed E-state index contributed by atoms with van der Waals surface area (Å²) in [6.45, 7) is 2.84. The van der Waals surface area contributed by atoms with Crippen LogP contribution in [0.25, 0.3) is 0 Å². The maximum atomic E-state index is 12.3. The molecule has 0 unspecified atom stereocenters. The molecule has 0 aromatic heterocycles. The van der Waals surface area contributed by atoms with Gasteiger partial charge in [-0.3, -0.25) is 19.9 Å². The van der Waals surface area contributed by atoms with Crippen LogP contribution in [0, 0.1) is 11.8 Å². The quantitative estimate of drug-likeness (QED) is 0.435. The van der Waals surface area contributed by atoms with Crippen molar-refractivity contribution in [3.63, 3.8) is 0 Å². The second kappa shape index (κ2) is 7.75. The van der Waals surface area contributed by atoms with Gasteiger partial charge in [-0.1, -0.05) is 12.8 Å². The smallest absolute Gasteiger partial charge is 0.237 e. The fourth-order valence-electron chi connectivity index (χ4n) is 3.54. The SMILES string of the molecule is CN(CC(=O)N1CCC(C(=O)NN)CC1)CC1CCCC1. The van der Waals surface area contributed by atoms with Crippen LogP contribution >= 0.6 is 0 Å². The van der Waals surface area contributed by atoms with Gasteiger partial charge < -0.3 is 4.90 Å². The predicted molar refractivity (Wildman–Crippen MR) is 81.1 cm³/mol. The zero-order valence-corrected chi connectivity index (χ0v) is 13.0. The number of likely N-dealkylation sites (N-methyl/N-ethyl adjacent to an activating group) is 1. The molecular weight excluding hydrogens is 268 g/mol. The van der Waals surface area contributed by atoms with Gasteiger partial charge in [-0.15, -0.1) is 0 Å². The maximum Gasteiger partial charge on any atom is 0.237 e. The number of hydrogen-bond donors (Lipinski definition) is 2. The Hall–Kier alpha value is -1.14. The molecule has 0 radical (unpaired) electrons. The summed E-state index contributed by atoms with van der Waals surface area (Å²) in [6.07, 6.45) is 6.70. The Morgan fingerprint density at radius 2 is 1.81 bits per heavy atom. The Bertz CT molecular complexity index is 361. The van der Waals surface area contributed by atoms with E-state index in [0.29, 0.717) is 32.5 Å². The second-order valence-corrected chi connectivity index (χ2v) is 6.51. The monoisotopic (exact) mass is 296 g/mol. The Balaban J connectivity index is 1.70. The largest absolute Gasteiger partial charge is 0.342 e. The first kappa shape index (κ1) is 16.2. The highest BCUT2D eigenvalue weighted by molar-refractivity contribution is 5.80. The molecule has 0 aromatic rings. The van der Waals surface area contributed by atoms with Gasteiger partial charge in [0.25, 0.3) is 0 Å². The lowest BCUT2D eigenvalue weighted by atomic mass is 9.96. The third kappa shape index (κ3) is 4.68. The summed E-state index contributed by atoms with van der Waals surface area (Å²) in [4.78, 5) is 27.8. The highest BCUT2D eigenvalue weighted by Gasteiger charge is 2.27. The zero-order chi connectivity index (χ0) is 15.2. The Morgan fingerprint density at radius 3 is 2.38 bits per heavy atom. The van der Waals surface area contributed by atoms with Crippen LogP contribution in [0.15, 0.2) is 0 Å². The first-order valence-corrected chi connectivity index (χ1v) is 8.07.